The van der Waals surface area contributed by atoms with Crippen LogP contribution in [0.25, 0.3) is 0 Å². The molecule has 1 aromatic rings. The van der Waals surface area contributed by atoms with E-state index in [4.69, 9.17) is 5.73 Å². The van der Waals surface area contributed by atoms with E-state index in [0.717, 1.165) is 6.26 Å². The summed E-state index contributed by atoms with van der Waals surface area (Å²) in [6, 6.07) is 4.35. The van der Waals surface area contributed by atoms with Gasteiger partial charge in [-0.3, -0.25) is 0 Å². The van der Waals surface area contributed by atoms with Gasteiger partial charge in [-0.15, -0.1) is 0 Å². The average molecular weight is 232 g/mol. The SMILES string of the molecule is CS(=O)(=O)CCNc1cccc(F)c1N. The summed E-state index contributed by atoms with van der Waals surface area (Å²) in [5.74, 6) is -0.525. The summed E-state index contributed by atoms with van der Waals surface area (Å²) in [6.45, 7) is 0.215. The zero-order valence-electron chi connectivity index (χ0n) is 8.33. The fraction of sp³-hybridized carbons (Fsp3) is 0.333. The Morgan fingerprint density at radius 2 is 2.13 bits per heavy atom. The Hall–Kier alpha value is -1.30. The molecular formula is C9H13FN2O2S. The van der Waals surface area contributed by atoms with Crippen LogP contribution in [-0.2, 0) is 9.84 Å². The molecule has 0 fully saturated rings. The van der Waals surface area contributed by atoms with Crippen LogP contribution in [-0.4, -0.2) is 27.0 Å². The number of anilines is 2. The third-order valence-electron chi connectivity index (χ3n) is 1.84. The van der Waals surface area contributed by atoms with E-state index < -0.39 is 15.7 Å². The van der Waals surface area contributed by atoms with Crippen molar-refractivity contribution in [3.05, 3.63) is 24.0 Å². The first-order chi connectivity index (χ1) is 6.90. The lowest BCUT2D eigenvalue weighted by Gasteiger charge is -2.08. The van der Waals surface area contributed by atoms with E-state index >= 15 is 0 Å². The lowest BCUT2D eigenvalue weighted by molar-refractivity contribution is 0.602. The molecule has 0 atom stereocenters. The fourth-order valence-electron chi connectivity index (χ4n) is 1.06. The normalized spacial score (nSPS) is 11.3. The Balaban J connectivity index is 2.62. The number of nitrogens with two attached hydrogens (primary N) is 1. The molecule has 0 radical (unpaired) electrons. The number of sulfone groups is 1. The maximum atomic E-state index is 13.0. The van der Waals surface area contributed by atoms with E-state index in [1.54, 1.807) is 6.07 Å². The number of para-hydroxylation sites is 1. The first-order valence-electron chi connectivity index (χ1n) is 4.36. The number of nitrogen functional groups attached to an aromatic ring is 1. The molecule has 0 saturated carbocycles. The molecule has 1 rings (SSSR count). The summed E-state index contributed by atoms with van der Waals surface area (Å²) >= 11 is 0. The van der Waals surface area contributed by atoms with Gasteiger partial charge in [0.15, 0.2) is 0 Å². The van der Waals surface area contributed by atoms with Crippen molar-refractivity contribution in [3.63, 3.8) is 0 Å². The molecule has 6 heteroatoms. The molecule has 1 aromatic carbocycles. The lowest BCUT2D eigenvalue weighted by atomic mass is 10.2. The molecule has 15 heavy (non-hydrogen) atoms. The summed E-state index contributed by atoms with van der Waals surface area (Å²) in [7, 11) is -3.01. The van der Waals surface area contributed by atoms with Gasteiger partial charge in [0.1, 0.15) is 15.7 Å². The van der Waals surface area contributed by atoms with Crippen LogP contribution in [0.5, 0.6) is 0 Å². The van der Waals surface area contributed by atoms with Gasteiger partial charge in [-0.05, 0) is 12.1 Å². The van der Waals surface area contributed by atoms with E-state index in [1.165, 1.54) is 12.1 Å². The van der Waals surface area contributed by atoms with E-state index in [1.807, 2.05) is 0 Å². The van der Waals surface area contributed by atoms with Crippen LogP contribution in [0.4, 0.5) is 15.8 Å². The third-order valence-corrected chi connectivity index (χ3v) is 2.79. The zero-order valence-corrected chi connectivity index (χ0v) is 9.14. The van der Waals surface area contributed by atoms with Crippen molar-refractivity contribution in [2.45, 2.75) is 0 Å². The number of hydrogen-bond donors (Lipinski definition) is 2. The van der Waals surface area contributed by atoms with Crippen molar-refractivity contribution in [3.8, 4) is 0 Å². The quantitative estimate of drug-likeness (QED) is 0.755. The Morgan fingerprint density at radius 1 is 1.47 bits per heavy atom. The van der Waals surface area contributed by atoms with Crippen LogP contribution < -0.4 is 11.1 Å². The summed E-state index contributed by atoms with van der Waals surface area (Å²) in [5.41, 5.74) is 5.87. The number of halogens is 1. The first kappa shape index (κ1) is 11.8. The van der Waals surface area contributed by atoms with Crippen molar-refractivity contribution >= 4 is 21.2 Å². The van der Waals surface area contributed by atoms with Crippen molar-refractivity contribution in [1.29, 1.82) is 0 Å². The highest BCUT2D eigenvalue weighted by Crippen LogP contribution is 2.20. The number of rotatable bonds is 4. The summed E-state index contributed by atoms with van der Waals surface area (Å²) in [6.07, 6.45) is 1.14. The molecule has 0 heterocycles. The van der Waals surface area contributed by atoms with E-state index in [9.17, 15) is 12.8 Å². The van der Waals surface area contributed by atoms with Gasteiger partial charge in [0.2, 0.25) is 0 Å². The van der Waals surface area contributed by atoms with Gasteiger partial charge in [-0.25, -0.2) is 12.8 Å². The van der Waals surface area contributed by atoms with E-state index in [0.29, 0.717) is 5.69 Å². The number of nitrogens with one attached hydrogen (secondary N) is 1. The molecule has 0 saturated heterocycles. The van der Waals surface area contributed by atoms with Gasteiger partial charge >= 0.3 is 0 Å². The second-order valence-corrected chi connectivity index (χ2v) is 5.52. The predicted molar refractivity (Wildman–Crippen MR) is 59.0 cm³/mol. The fourth-order valence-corrected chi connectivity index (χ4v) is 1.54. The Bertz CT molecular complexity index is 445. The van der Waals surface area contributed by atoms with Crippen LogP contribution in [0, 0.1) is 5.82 Å². The lowest BCUT2D eigenvalue weighted by Crippen LogP contribution is -2.15. The van der Waals surface area contributed by atoms with E-state index in [2.05, 4.69) is 5.32 Å². The van der Waals surface area contributed by atoms with Gasteiger partial charge in [0.05, 0.1) is 17.1 Å². The molecule has 0 aliphatic heterocycles. The van der Waals surface area contributed by atoms with Gasteiger partial charge in [-0.1, -0.05) is 6.07 Å². The van der Waals surface area contributed by atoms with Crippen LogP contribution in [0.3, 0.4) is 0 Å². The molecule has 84 valence electrons. The Morgan fingerprint density at radius 3 is 2.73 bits per heavy atom. The number of hydrogen-bond acceptors (Lipinski definition) is 4. The van der Waals surface area contributed by atoms with Crippen LogP contribution in [0.1, 0.15) is 0 Å². The third kappa shape index (κ3) is 3.75. The highest BCUT2D eigenvalue weighted by atomic mass is 32.2. The topological polar surface area (TPSA) is 72.2 Å². The maximum Gasteiger partial charge on any atom is 0.149 e. The van der Waals surface area contributed by atoms with Gasteiger partial charge in [-0.2, -0.15) is 0 Å². The summed E-state index contributed by atoms with van der Waals surface area (Å²) in [4.78, 5) is 0. The molecule has 0 spiro atoms. The van der Waals surface area contributed by atoms with Crippen LogP contribution in [0.15, 0.2) is 18.2 Å². The zero-order chi connectivity index (χ0) is 11.5. The Kier molecular flexibility index (Phi) is 3.52. The predicted octanol–water partition coefficient (Wildman–Crippen LogP) is 0.864. The van der Waals surface area contributed by atoms with Crippen LogP contribution in [0.2, 0.25) is 0 Å². The minimum Gasteiger partial charge on any atom is -0.395 e. The van der Waals surface area contributed by atoms with Gasteiger partial charge < -0.3 is 11.1 Å². The molecule has 0 aromatic heterocycles. The van der Waals surface area contributed by atoms with Gasteiger partial charge in [0, 0.05) is 12.8 Å². The maximum absolute atomic E-state index is 13.0. The summed E-state index contributed by atoms with van der Waals surface area (Å²) in [5, 5.41) is 2.77. The molecule has 0 bridgehead atoms. The highest BCUT2D eigenvalue weighted by molar-refractivity contribution is 7.90. The second-order valence-electron chi connectivity index (χ2n) is 3.26. The van der Waals surface area contributed by atoms with E-state index in [-0.39, 0.29) is 18.0 Å². The molecule has 4 nitrogen and oxygen atoms in total. The van der Waals surface area contributed by atoms with Crippen molar-refractivity contribution in [2.75, 3.05) is 29.6 Å². The molecule has 3 N–H and O–H groups in total. The minimum absolute atomic E-state index is 0.00556. The standard InChI is InChI=1S/C9H13FN2O2S/c1-15(13,14)6-5-12-8-4-2-3-7(10)9(8)11/h2-4,12H,5-6,11H2,1H3. The van der Waals surface area contributed by atoms with Crippen molar-refractivity contribution < 1.29 is 12.8 Å². The molecule has 0 unspecified atom stereocenters. The molecule has 0 aliphatic rings. The van der Waals surface area contributed by atoms with Crippen molar-refractivity contribution in [2.24, 2.45) is 0 Å². The minimum atomic E-state index is -3.01. The Labute approximate surface area is 88.2 Å². The van der Waals surface area contributed by atoms with Crippen molar-refractivity contribution in [1.82, 2.24) is 0 Å². The second kappa shape index (κ2) is 4.48. The van der Waals surface area contributed by atoms with Gasteiger partial charge in [0.25, 0.3) is 0 Å². The van der Waals surface area contributed by atoms with Crippen LogP contribution >= 0.6 is 0 Å². The first-order valence-corrected chi connectivity index (χ1v) is 6.42. The largest absolute Gasteiger partial charge is 0.395 e. The summed E-state index contributed by atoms with van der Waals surface area (Å²) < 4.78 is 34.6. The monoisotopic (exact) mass is 232 g/mol. The highest BCUT2D eigenvalue weighted by Gasteiger charge is 2.05. The number of benzene rings is 1. The molecular weight excluding hydrogens is 219 g/mol. The molecule has 0 aliphatic carbocycles. The average Bonchev–Trinajstić information content (AvgIpc) is 2.10. The molecule has 0 amide bonds. The smallest absolute Gasteiger partial charge is 0.149 e.